The lowest BCUT2D eigenvalue weighted by molar-refractivity contribution is -0.167. The second kappa shape index (κ2) is 6.30. The van der Waals surface area contributed by atoms with E-state index in [1.807, 2.05) is 0 Å². The lowest BCUT2D eigenvalue weighted by Gasteiger charge is -2.09. The second-order valence-electron chi connectivity index (χ2n) is 4.35. The molecule has 0 atom stereocenters. The average molecular weight is 308 g/mol. The fourth-order valence-corrected chi connectivity index (χ4v) is 1.66. The molecule has 2 rings (SSSR count). The predicted molar refractivity (Wildman–Crippen MR) is 75.5 cm³/mol. The van der Waals surface area contributed by atoms with Crippen molar-refractivity contribution >= 4 is 23.2 Å². The third-order valence-corrected chi connectivity index (χ3v) is 2.67. The number of carbonyl (C=O) groups excluding carboxylic acids is 2. The molecule has 2 aromatic rings. The minimum atomic E-state index is -4.98. The summed E-state index contributed by atoms with van der Waals surface area (Å²) in [6.07, 6.45) is -4.98. The molecular weight excluding hydrogens is 297 g/mol. The van der Waals surface area contributed by atoms with Gasteiger partial charge in [0.2, 0.25) is 0 Å². The molecule has 0 fully saturated rings. The molecule has 0 aromatic heterocycles. The van der Waals surface area contributed by atoms with E-state index in [-0.39, 0.29) is 11.3 Å². The van der Waals surface area contributed by atoms with Crippen LogP contribution in [0.1, 0.15) is 10.4 Å². The molecule has 0 radical (unpaired) electrons. The molecule has 114 valence electrons. The lowest BCUT2D eigenvalue weighted by Crippen LogP contribution is -2.30. The fourth-order valence-electron chi connectivity index (χ4n) is 1.66. The Bertz CT molecular complexity index is 685. The minimum Gasteiger partial charge on any atom is -0.322 e. The molecule has 22 heavy (non-hydrogen) atoms. The second-order valence-corrected chi connectivity index (χ2v) is 4.35. The Balaban J connectivity index is 2.11. The summed E-state index contributed by atoms with van der Waals surface area (Å²) in [5.41, 5.74) is 0.573. The quantitative estimate of drug-likeness (QED) is 0.912. The van der Waals surface area contributed by atoms with Crippen LogP contribution in [-0.2, 0) is 4.79 Å². The summed E-state index contributed by atoms with van der Waals surface area (Å²) in [5.74, 6) is -2.58. The van der Waals surface area contributed by atoms with Crippen LogP contribution in [0.2, 0.25) is 0 Å². The number of hydrogen-bond acceptors (Lipinski definition) is 2. The van der Waals surface area contributed by atoms with Crippen molar-refractivity contribution in [1.82, 2.24) is 0 Å². The van der Waals surface area contributed by atoms with Gasteiger partial charge in [0, 0.05) is 16.9 Å². The smallest absolute Gasteiger partial charge is 0.322 e. The third kappa shape index (κ3) is 4.08. The first-order valence-corrected chi connectivity index (χ1v) is 6.21. The van der Waals surface area contributed by atoms with E-state index in [0.717, 1.165) is 0 Å². The van der Waals surface area contributed by atoms with Crippen molar-refractivity contribution in [2.45, 2.75) is 6.18 Å². The van der Waals surface area contributed by atoms with Crippen molar-refractivity contribution in [1.29, 1.82) is 0 Å². The molecule has 0 heterocycles. The van der Waals surface area contributed by atoms with Gasteiger partial charge in [0.25, 0.3) is 5.91 Å². The monoisotopic (exact) mass is 308 g/mol. The summed E-state index contributed by atoms with van der Waals surface area (Å²) in [6.45, 7) is 0. The van der Waals surface area contributed by atoms with Crippen LogP contribution >= 0.6 is 0 Å². The molecule has 0 unspecified atom stereocenters. The van der Waals surface area contributed by atoms with Crippen molar-refractivity contribution in [3.63, 3.8) is 0 Å². The van der Waals surface area contributed by atoms with E-state index in [2.05, 4.69) is 5.32 Å². The number of rotatable bonds is 3. The summed E-state index contributed by atoms with van der Waals surface area (Å²) in [4.78, 5) is 22.9. The van der Waals surface area contributed by atoms with E-state index in [9.17, 15) is 22.8 Å². The standard InChI is InChI=1S/C15H11F3N2O2/c16-15(17,18)14(22)20-12-8-4-5-10(9-12)13(21)19-11-6-2-1-3-7-11/h1-9H,(H,19,21)(H,20,22). The highest BCUT2D eigenvalue weighted by Crippen LogP contribution is 2.19. The van der Waals surface area contributed by atoms with E-state index in [1.165, 1.54) is 24.3 Å². The van der Waals surface area contributed by atoms with Gasteiger partial charge in [-0.2, -0.15) is 13.2 Å². The summed E-state index contributed by atoms with van der Waals surface area (Å²) in [6, 6.07) is 13.8. The molecular formula is C15H11F3N2O2. The molecule has 4 nitrogen and oxygen atoms in total. The van der Waals surface area contributed by atoms with Gasteiger partial charge in [-0.15, -0.1) is 0 Å². The fraction of sp³-hybridized carbons (Fsp3) is 0.0667. The predicted octanol–water partition coefficient (Wildman–Crippen LogP) is 3.44. The van der Waals surface area contributed by atoms with Gasteiger partial charge in [0.15, 0.2) is 0 Å². The van der Waals surface area contributed by atoms with Crippen LogP contribution in [0.25, 0.3) is 0 Å². The number of nitrogens with one attached hydrogen (secondary N) is 2. The zero-order chi connectivity index (χ0) is 16.2. The van der Waals surface area contributed by atoms with Gasteiger partial charge < -0.3 is 10.6 Å². The number of halogens is 3. The van der Waals surface area contributed by atoms with Gasteiger partial charge in [-0.05, 0) is 30.3 Å². The first kappa shape index (κ1) is 15.6. The van der Waals surface area contributed by atoms with Crippen molar-refractivity contribution in [2.75, 3.05) is 10.6 Å². The Morgan fingerprint density at radius 1 is 0.818 bits per heavy atom. The van der Waals surface area contributed by atoms with E-state index >= 15 is 0 Å². The van der Waals surface area contributed by atoms with E-state index in [1.54, 1.807) is 35.6 Å². The molecule has 7 heteroatoms. The Kier molecular flexibility index (Phi) is 4.45. The number of hydrogen-bond donors (Lipinski definition) is 2. The Morgan fingerprint density at radius 2 is 1.45 bits per heavy atom. The highest BCUT2D eigenvalue weighted by molar-refractivity contribution is 6.05. The maximum Gasteiger partial charge on any atom is 0.471 e. The zero-order valence-corrected chi connectivity index (χ0v) is 11.1. The molecule has 0 aliphatic heterocycles. The van der Waals surface area contributed by atoms with Gasteiger partial charge in [0.05, 0.1) is 0 Å². The molecule has 0 aliphatic carbocycles. The van der Waals surface area contributed by atoms with Crippen LogP contribution in [0.15, 0.2) is 54.6 Å². The molecule has 0 saturated heterocycles. The summed E-state index contributed by atoms with van der Waals surface area (Å²) < 4.78 is 36.6. The number of benzene rings is 2. The van der Waals surface area contributed by atoms with Crippen molar-refractivity contribution in [3.8, 4) is 0 Å². The van der Waals surface area contributed by atoms with E-state index < -0.39 is 18.0 Å². The average Bonchev–Trinajstić information content (AvgIpc) is 2.47. The number of para-hydroxylation sites is 1. The van der Waals surface area contributed by atoms with Gasteiger partial charge in [-0.3, -0.25) is 9.59 Å². The molecule has 0 aliphatic rings. The first-order chi connectivity index (χ1) is 10.4. The third-order valence-electron chi connectivity index (χ3n) is 2.67. The Morgan fingerprint density at radius 3 is 2.09 bits per heavy atom. The molecule has 2 N–H and O–H groups in total. The molecule has 2 amide bonds. The van der Waals surface area contributed by atoms with Crippen LogP contribution < -0.4 is 10.6 Å². The van der Waals surface area contributed by atoms with E-state index in [0.29, 0.717) is 5.69 Å². The molecule has 0 bridgehead atoms. The van der Waals surface area contributed by atoms with Gasteiger partial charge in [-0.1, -0.05) is 24.3 Å². The normalized spacial score (nSPS) is 10.9. The highest BCUT2D eigenvalue weighted by Gasteiger charge is 2.38. The van der Waals surface area contributed by atoms with Gasteiger partial charge in [0.1, 0.15) is 0 Å². The minimum absolute atomic E-state index is 0.108. The summed E-state index contributed by atoms with van der Waals surface area (Å²) >= 11 is 0. The van der Waals surface area contributed by atoms with Crippen molar-refractivity contribution in [2.24, 2.45) is 0 Å². The Labute approximate surface area is 124 Å². The summed E-state index contributed by atoms with van der Waals surface area (Å²) in [5, 5.41) is 4.29. The lowest BCUT2D eigenvalue weighted by atomic mass is 10.2. The van der Waals surface area contributed by atoms with Crippen LogP contribution in [0, 0.1) is 0 Å². The Hall–Kier alpha value is -2.83. The van der Waals surface area contributed by atoms with Crippen LogP contribution in [0.4, 0.5) is 24.5 Å². The summed E-state index contributed by atoms with van der Waals surface area (Å²) in [7, 11) is 0. The van der Waals surface area contributed by atoms with Crippen molar-refractivity contribution < 1.29 is 22.8 Å². The highest BCUT2D eigenvalue weighted by atomic mass is 19.4. The maximum absolute atomic E-state index is 12.2. The first-order valence-electron chi connectivity index (χ1n) is 6.21. The molecule has 0 spiro atoms. The van der Waals surface area contributed by atoms with Crippen LogP contribution in [0.3, 0.4) is 0 Å². The zero-order valence-electron chi connectivity index (χ0n) is 11.1. The molecule has 0 saturated carbocycles. The molecule has 2 aromatic carbocycles. The number of anilines is 2. The largest absolute Gasteiger partial charge is 0.471 e. The number of carbonyl (C=O) groups is 2. The van der Waals surface area contributed by atoms with Gasteiger partial charge in [-0.25, -0.2) is 0 Å². The number of alkyl halides is 3. The van der Waals surface area contributed by atoms with Crippen molar-refractivity contribution in [3.05, 3.63) is 60.2 Å². The number of amides is 2. The topological polar surface area (TPSA) is 58.2 Å². The maximum atomic E-state index is 12.2. The van der Waals surface area contributed by atoms with Crippen LogP contribution in [-0.4, -0.2) is 18.0 Å². The van der Waals surface area contributed by atoms with E-state index in [4.69, 9.17) is 0 Å². The van der Waals surface area contributed by atoms with Gasteiger partial charge >= 0.3 is 12.1 Å². The van der Waals surface area contributed by atoms with Crippen LogP contribution in [0.5, 0.6) is 0 Å². The SMILES string of the molecule is O=C(Nc1ccccc1)c1cccc(NC(=O)C(F)(F)F)c1.